The van der Waals surface area contributed by atoms with E-state index in [9.17, 15) is 19.8 Å². The molecule has 0 atom stereocenters. The van der Waals surface area contributed by atoms with Gasteiger partial charge >= 0.3 is 136 Å². The second-order valence-corrected chi connectivity index (χ2v) is 14.8. The van der Waals surface area contributed by atoms with E-state index in [1.165, 1.54) is 167 Å². The quantitative estimate of drug-likeness (QED) is 0.0537. The number of hydrogen-bond acceptors (Lipinski definition) is 12. The van der Waals surface area contributed by atoms with Gasteiger partial charge in [0, 0.05) is 11.9 Å². The maximum atomic E-state index is 10.2. The zero-order valence-electron chi connectivity index (χ0n) is 34.2. The Balaban J connectivity index is -0.0000000982. The van der Waals surface area contributed by atoms with Crippen LogP contribution >= 0.6 is 15.6 Å². The van der Waals surface area contributed by atoms with Crippen LogP contribution in [0, 0.1) is 0 Å². The smallest absolute Gasteiger partial charge is 0.822 e. The summed E-state index contributed by atoms with van der Waals surface area (Å²) in [6.07, 6.45) is 39.7. The van der Waals surface area contributed by atoms with Crippen molar-refractivity contribution in [1.29, 1.82) is 0 Å². The summed E-state index contributed by atoms with van der Waals surface area (Å²) in [5.74, 6) is -1.81. The monoisotopic (exact) mass is 900 g/mol. The van der Waals surface area contributed by atoms with E-state index in [0.717, 1.165) is 25.7 Å². The minimum atomic E-state index is -5.39. The van der Waals surface area contributed by atoms with Crippen LogP contribution in [0.5, 0.6) is 0 Å². The number of hydrogen-bond donors (Lipinski definition) is 0. The first-order valence-electron chi connectivity index (χ1n) is 19.4. The first-order valence-corrected chi connectivity index (χ1v) is 22.3. The van der Waals surface area contributed by atoms with Crippen LogP contribution < -0.4 is 39.6 Å². The topological polar surface area (TPSA) is 253 Å². The molecule has 0 aromatic rings. The summed E-state index contributed by atoms with van der Waals surface area (Å²) < 4.78 is 17.1. The molecule has 0 amide bonds. The molecule has 54 heavy (non-hydrogen) atoms. The molecule has 0 aliphatic rings. The third kappa shape index (κ3) is 117. The molecular formula is C36H70Ca3MgO12P2. The fourth-order valence-corrected chi connectivity index (χ4v) is 5.28. The van der Waals surface area contributed by atoms with Crippen LogP contribution in [-0.2, 0) is 18.7 Å². The number of carboxylic acid groups (broad SMARTS) is 2. The first-order chi connectivity index (χ1) is 23.5. The van der Waals surface area contributed by atoms with Crippen LogP contribution in [-0.4, -0.2) is 148 Å². The van der Waals surface area contributed by atoms with Gasteiger partial charge in [0.1, 0.15) is 0 Å². The summed E-state index contributed by atoms with van der Waals surface area (Å²) in [7, 11) is -10.8. The van der Waals surface area contributed by atoms with Crippen LogP contribution in [0.1, 0.15) is 219 Å². The van der Waals surface area contributed by atoms with Crippen LogP contribution in [0.25, 0.3) is 0 Å². The van der Waals surface area contributed by atoms with E-state index in [-0.39, 0.29) is 149 Å². The average molecular weight is 901 g/mol. The third-order valence-corrected chi connectivity index (χ3v) is 7.97. The van der Waals surface area contributed by atoms with E-state index in [4.69, 9.17) is 38.5 Å². The van der Waals surface area contributed by atoms with Crippen molar-refractivity contribution in [3.63, 3.8) is 0 Å². The Kier molecular flexibility index (Phi) is 84.8. The fourth-order valence-electron chi connectivity index (χ4n) is 5.28. The summed E-state index contributed by atoms with van der Waals surface area (Å²) in [6, 6.07) is 0. The molecule has 0 aromatic carbocycles. The second kappa shape index (κ2) is 61.0. The molecule has 0 saturated heterocycles. The number of carbonyl (C=O) groups is 2. The molecule has 304 valence electrons. The molecular weight excluding hydrogens is 831 g/mol. The van der Waals surface area contributed by atoms with Crippen molar-refractivity contribution in [2.45, 2.75) is 219 Å². The molecule has 18 heteroatoms. The van der Waals surface area contributed by atoms with Gasteiger partial charge in [0.25, 0.3) is 0 Å². The number of rotatable bonds is 32. The van der Waals surface area contributed by atoms with Crippen LogP contribution in [0.2, 0.25) is 0 Å². The second-order valence-electron chi connectivity index (χ2n) is 13.0. The molecule has 0 aliphatic heterocycles. The molecule has 0 bridgehead atoms. The van der Waals surface area contributed by atoms with Crippen molar-refractivity contribution in [2.24, 2.45) is 0 Å². The van der Waals surface area contributed by atoms with Gasteiger partial charge < -0.3 is 58.3 Å². The third-order valence-electron chi connectivity index (χ3n) is 7.97. The molecule has 0 spiro atoms. The summed E-state index contributed by atoms with van der Waals surface area (Å²) in [5.41, 5.74) is 0. The van der Waals surface area contributed by atoms with E-state index in [0.29, 0.717) is 0 Å². The Hall–Kier alpha value is 3.71. The van der Waals surface area contributed by atoms with Crippen molar-refractivity contribution in [2.75, 3.05) is 0 Å². The minimum Gasteiger partial charge on any atom is -0.822 e. The van der Waals surface area contributed by atoms with Gasteiger partial charge in [-0.1, -0.05) is 194 Å². The molecule has 0 unspecified atom stereocenters. The summed E-state index contributed by atoms with van der Waals surface area (Å²) in [6.45, 7) is 4.53. The predicted molar refractivity (Wildman–Crippen MR) is 207 cm³/mol. The standard InChI is InChI=1S/2C18H36O2.3Ca.Mg.2H3O4P/c2*1-2-3-4-5-6-7-8-9-10-11-12-13-14-15-16-17-18(19)20;;;;;2*1-5(2,3)4/h2*2-17H2,1H3,(H,19,20);;;;;2*(H3,1,2,3,4)/q;;4*+2;;/p-8. The Morgan fingerprint density at radius 2 is 0.444 bits per heavy atom. The maximum Gasteiger partial charge on any atom is 2.00 e. The number of phosphoric acid groups is 2. The largest absolute Gasteiger partial charge is 2.00 e. The summed E-state index contributed by atoms with van der Waals surface area (Å²) >= 11 is 0. The van der Waals surface area contributed by atoms with Crippen LogP contribution in [0.15, 0.2) is 0 Å². The molecule has 0 saturated carbocycles. The van der Waals surface area contributed by atoms with Gasteiger partial charge in [-0.2, -0.15) is 15.6 Å². The molecule has 0 heterocycles. The maximum absolute atomic E-state index is 10.2. The van der Waals surface area contributed by atoms with E-state index in [1.807, 2.05) is 0 Å². The SMILES string of the molecule is CCCCCCCCCCCCCCCCCC(=O)[O-].CCCCCCCCCCCCCCCCCC(=O)[O-].O=P([O-])([O-])[O-].O=P([O-])([O-])[O-].[Ca+2].[Ca+2].[Ca+2].[Mg+2]. The zero-order valence-corrected chi connectivity index (χ0v) is 44.1. The molecule has 12 nitrogen and oxygen atoms in total. The van der Waals surface area contributed by atoms with Gasteiger partial charge in [0.05, 0.1) is 0 Å². The van der Waals surface area contributed by atoms with Gasteiger partial charge in [-0.05, 0) is 25.7 Å². The van der Waals surface area contributed by atoms with Gasteiger partial charge in [-0.25, -0.2) is 0 Å². The first kappa shape index (κ1) is 75.1. The Morgan fingerprint density at radius 3 is 0.556 bits per heavy atom. The number of unbranched alkanes of at least 4 members (excludes halogenated alkanes) is 28. The Bertz CT molecular complexity index is 730. The predicted octanol–water partition coefficient (Wildman–Crippen LogP) is 2.82. The Labute approximate surface area is 435 Å². The van der Waals surface area contributed by atoms with Gasteiger partial charge in [0.15, 0.2) is 0 Å². The van der Waals surface area contributed by atoms with Gasteiger partial charge in [0.2, 0.25) is 0 Å². The number of carboxylic acids is 2. The van der Waals surface area contributed by atoms with Gasteiger partial charge in [-0.15, -0.1) is 0 Å². The van der Waals surface area contributed by atoms with Crippen LogP contribution in [0.3, 0.4) is 0 Å². The van der Waals surface area contributed by atoms with E-state index < -0.39 is 27.6 Å². The van der Waals surface area contributed by atoms with E-state index in [2.05, 4.69) is 13.8 Å². The number of carbonyl (C=O) groups excluding carboxylic acids is 2. The zero-order chi connectivity index (χ0) is 38.8. The fraction of sp³-hybridized carbons (Fsp3) is 0.944. The molecule has 0 N–H and O–H groups in total. The average Bonchev–Trinajstić information content (AvgIpc) is 2.99. The van der Waals surface area contributed by atoms with Crippen molar-refractivity contribution in [1.82, 2.24) is 0 Å². The van der Waals surface area contributed by atoms with Crippen LogP contribution in [0.4, 0.5) is 0 Å². The minimum absolute atomic E-state index is 0. The van der Waals surface area contributed by atoms with Crippen molar-refractivity contribution < 1.29 is 58.3 Å². The molecule has 0 aliphatic carbocycles. The number of aliphatic carboxylic acids is 2. The van der Waals surface area contributed by atoms with Gasteiger partial charge in [-0.3, -0.25) is 0 Å². The molecule has 0 fully saturated rings. The molecule has 0 aromatic heterocycles. The van der Waals surface area contributed by atoms with E-state index >= 15 is 0 Å². The van der Waals surface area contributed by atoms with Crippen molar-refractivity contribution in [3.05, 3.63) is 0 Å². The van der Waals surface area contributed by atoms with Crippen molar-refractivity contribution >= 4 is 164 Å². The molecule has 0 radical (unpaired) electrons. The summed E-state index contributed by atoms with van der Waals surface area (Å²) in [5, 5.41) is 20.4. The molecule has 0 rings (SSSR count). The van der Waals surface area contributed by atoms with E-state index in [1.54, 1.807) is 0 Å². The van der Waals surface area contributed by atoms with Crippen molar-refractivity contribution in [3.8, 4) is 0 Å². The normalized spacial score (nSPS) is 10.2. The summed E-state index contributed by atoms with van der Waals surface area (Å²) in [4.78, 5) is 71.7. The Morgan fingerprint density at radius 1 is 0.333 bits per heavy atom.